The zero-order valence-electron chi connectivity index (χ0n) is 19.9. The summed E-state index contributed by atoms with van der Waals surface area (Å²) in [4.78, 5) is 0. The zero-order chi connectivity index (χ0) is 24.2. The van der Waals surface area contributed by atoms with Gasteiger partial charge in [-0.2, -0.15) is 0 Å². The van der Waals surface area contributed by atoms with Crippen LogP contribution in [-0.2, 0) is 20.6 Å². The highest BCUT2D eigenvalue weighted by atomic mass is 16.6. The summed E-state index contributed by atoms with van der Waals surface area (Å²) in [6, 6.07) is 6.22. The van der Waals surface area contributed by atoms with Crippen LogP contribution >= 0.6 is 0 Å². The number of rotatable bonds is 17. The molecule has 0 heterocycles. The number of aryl methyl sites for hydroxylation is 1. The van der Waals surface area contributed by atoms with Crippen LogP contribution in [0.15, 0.2) is 43.5 Å². The lowest BCUT2D eigenvalue weighted by atomic mass is 10.1. The molecule has 0 aromatic heterocycles. The molecule has 0 aliphatic rings. The second-order valence-electron chi connectivity index (χ2n) is 7.34. The summed E-state index contributed by atoms with van der Waals surface area (Å²) < 4.78 is 21.4. The van der Waals surface area contributed by atoms with E-state index in [1.54, 1.807) is 13.2 Å². The van der Waals surface area contributed by atoms with Gasteiger partial charge in [-0.3, -0.25) is 0 Å². The molecule has 0 amide bonds. The fourth-order valence-electron chi connectivity index (χ4n) is 2.46. The van der Waals surface area contributed by atoms with Crippen molar-refractivity contribution in [1.82, 2.24) is 0 Å². The third-order valence-corrected chi connectivity index (χ3v) is 4.44. The minimum atomic E-state index is -0.883. The van der Waals surface area contributed by atoms with Crippen molar-refractivity contribution in [2.75, 3.05) is 46.8 Å². The minimum Gasteiger partial charge on any atom is -0.496 e. The van der Waals surface area contributed by atoms with E-state index >= 15 is 0 Å². The van der Waals surface area contributed by atoms with Crippen LogP contribution in [0.4, 0.5) is 0 Å². The minimum absolute atomic E-state index is 0. The molecule has 0 aliphatic carbocycles. The van der Waals surface area contributed by atoms with Gasteiger partial charge in [-0.1, -0.05) is 38.6 Å². The topological polar surface area (TPSA) is 97.6 Å². The van der Waals surface area contributed by atoms with E-state index < -0.39 is 12.2 Å². The van der Waals surface area contributed by atoms with E-state index in [2.05, 4.69) is 31.4 Å². The third-order valence-electron chi connectivity index (χ3n) is 4.44. The molecule has 7 nitrogen and oxygen atoms in total. The Hall–Kier alpha value is -1.74. The van der Waals surface area contributed by atoms with Crippen LogP contribution in [0.3, 0.4) is 0 Å². The Kier molecular flexibility index (Phi) is 22.4. The van der Waals surface area contributed by atoms with Crippen LogP contribution in [0, 0.1) is 6.92 Å². The van der Waals surface area contributed by atoms with Crippen molar-refractivity contribution in [2.24, 2.45) is 0 Å². The molecule has 3 atom stereocenters. The highest BCUT2D eigenvalue weighted by Crippen LogP contribution is 2.19. The van der Waals surface area contributed by atoms with Crippen LogP contribution in [0.5, 0.6) is 5.75 Å². The molecule has 0 saturated carbocycles. The molecule has 33 heavy (non-hydrogen) atoms. The van der Waals surface area contributed by atoms with Gasteiger partial charge in [0, 0.05) is 0 Å². The second kappa shape index (κ2) is 22.1. The quantitative estimate of drug-likeness (QED) is 0.237. The lowest BCUT2D eigenvalue weighted by Crippen LogP contribution is -2.30. The Morgan fingerprint density at radius 2 is 1.64 bits per heavy atom. The summed E-state index contributed by atoms with van der Waals surface area (Å²) in [5.74, 6) is 0.953. The number of benzene rings is 1. The Bertz CT molecular complexity index is 590. The Balaban J connectivity index is 0. The summed E-state index contributed by atoms with van der Waals surface area (Å²) in [6.45, 7) is 12.3. The number of aliphatic hydroxyl groups is 3. The van der Waals surface area contributed by atoms with E-state index in [0.717, 1.165) is 18.6 Å². The summed E-state index contributed by atoms with van der Waals surface area (Å²) in [7, 11) is 1.69. The van der Waals surface area contributed by atoms with Gasteiger partial charge in [-0.05, 0) is 43.4 Å². The van der Waals surface area contributed by atoms with Gasteiger partial charge in [-0.25, -0.2) is 0 Å². The van der Waals surface area contributed by atoms with E-state index in [9.17, 15) is 10.2 Å². The maximum Gasteiger partial charge on any atom is 0.122 e. The summed E-state index contributed by atoms with van der Waals surface area (Å²) in [5, 5.41) is 27.2. The van der Waals surface area contributed by atoms with Crippen molar-refractivity contribution >= 4 is 0 Å². The van der Waals surface area contributed by atoms with E-state index in [4.69, 9.17) is 24.1 Å². The Morgan fingerprint density at radius 1 is 1.00 bits per heavy atom. The van der Waals surface area contributed by atoms with E-state index in [1.807, 2.05) is 19.9 Å². The average molecular weight is 471 g/mol. The normalized spacial score (nSPS) is 13.0. The molecule has 0 radical (unpaired) electrons. The van der Waals surface area contributed by atoms with Crippen LogP contribution in [0.2, 0.25) is 0 Å². The number of methoxy groups -OCH3 is 1. The maximum atomic E-state index is 9.39. The zero-order valence-corrected chi connectivity index (χ0v) is 19.9. The first-order chi connectivity index (χ1) is 15.4. The number of allylic oxidation sites excluding steroid dienone is 1. The van der Waals surface area contributed by atoms with Crippen molar-refractivity contribution in [2.45, 2.75) is 58.8 Å². The molecule has 192 valence electrons. The van der Waals surface area contributed by atoms with Crippen molar-refractivity contribution in [3.8, 4) is 5.75 Å². The van der Waals surface area contributed by atoms with Gasteiger partial charge in [0.2, 0.25) is 0 Å². The molecule has 3 N–H and O–H groups in total. The molecule has 3 unspecified atom stereocenters. The van der Waals surface area contributed by atoms with E-state index in [0.29, 0.717) is 19.6 Å². The average Bonchev–Trinajstić information content (AvgIpc) is 2.80. The van der Waals surface area contributed by atoms with Crippen LogP contribution in [-0.4, -0.2) is 80.4 Å². The first-order valence-electron chi connectivity index (χ1n) is 11.0. The largest absolute Gasteiger partial charge is 0.496 e. The molecular weight excluding hydrogens is 424 g/mol. The lowest BCUT2D eigenvalue weighted by Gasteiger charge is -2.19. The molecule has 0 fully saturated rings. The molecule has 1 rings (SSSR count). The standard InChI is InChI=1S/C14H28O6.C11H14O.CH4/c1-3-5-6-20-14(10-18-8-12(16)4-2)11-19-9-13(17)7-15;1-4-5-10-7-6-9(2)11(8-10)12-3;/h3,12-17H,1,4-11H2,2H3;4,6-8H,1,5H2,2-3H3;1H4. The highest BCUT2D eigenvalue weighted by Gasteiger charge is 2.12. The predicted molar refractivity (Wildman–Crippen MR) is 134 cm³/mol. The fraction of sp³-hybridized carbons (Fsp3) is 0.615. The van der Waals surface area contributed by atoms with Crippen molar-refractivity contribution in [3.63, 3.8) is 0 Å². The molecule has 7 heteroatoms. The van der Waals surface area contributed by atoms with Crippen LogP contribution in [0.1, 0.15) is 38.3 Å². The van der Waals surface area contributed by atoms with Crippen molar-refractivity contribution in [1.29, 1.82) is 0 Å². The molecule has 0 aliphatic heterocycles. The highest BCUT2D eigenvalue weighted by molar-refractivity contribution is 5.37. The van der Waals surface area contributed by atoms with Gasteiger partial charge < -0.3 is 34.3 Å². The smallest absolute Gasteiger partial charge is 0.122 e. The summed E-state index contributed by atoms with van der Waals surface area (Å²) in [6.07, 6.45) is 4.29. The monoisotopic (exact) mass is 470 g/mol. The van der Waals surface area contributed by atoms with Gasteiger partial charge >= 0.3 is 0 Å². The maximum absolute atomic E-state index is 9.39. The molecule has 1 aromatic carbocycles. The third kappa shape index (κ3) is 17.4. The Morgan fingerprint density at radius 3 is 2.15 bits per heavy atom. The number of hydrogen-bond donors (Lipinski definition) is 3. The van der Waals surface area contributed by atoms with Crippen LogP contribution in [0.25, 0.3) is 0 Å². The SMILES string of the molecule is C.C=CCCOC(COCC(O)CC)COCC(O)CO.C=CCc1ccc(C)c(OC)c1. The van der Waals surface area contributed by atoms with Gasteiger partial charge in [-0.15, -0.1) is 13.2 Å². The number of hydrogen-bond acceptors (Lipinski definition) is 7. The van der Waals surface area contributed by atoms with Gasteiger partial charge in [0.25, 0.3) is 0 Å². The molecular formula is C26H46O7. The predicted octanol–water partition coefficient (Wildman–Crippen LogP) is 3.47. The summed E-state index contributed by atoms with van der Waals surface area (Å²) in [5.41, 5.74) is 2.41. The van der Waals surface area contributed by atoms with Gasteiger partial charge in [0.1, 0.15) is 18.0 Å². The Labute approximate surface area is 200 Å². The first kappa shape index (κ1) is 33.4. The van der Waals surface area contributed by atoms with Crippen molar-refractivity contribution in [3.05, 3.63) is 54.6 Å². The number of aliphatic hydroxyl groups excluding tert-OH is 3. The molecule has 0 bridgehead atoms. The number of ether oxygens (including phenoxy) is 4. The lowest BCUT2D eigenvalue weighted by molar-refractivity contribution is -0.0837. The molecule has 0 saturated heterocycles. The van der Waals surface area contributed by atoms with Crippen molar-refractivity contribution < 1.29 is 34.3 Å². The van der Waals surface area contributed by atoms with E-state index in [-0.39, 0.29) is 40.0 Å². The van der Waals surface area contributed by atoms with Gasteiger partial charge in [0.15, 0.2) is 0 Å². The van der Waals surface area contributed by atoms with Crippen LogP contribution < -0.4 is 4.74 Å². The fourth-order valence-corrected chi connectivity index (χ4v) is 2.46. The molecule has 0 spiro atoms. The van der Waals surface area contributed by atoms with E-state index in [1.165, 1.54) is 11.1 Å². The second-order valence-corrected chi connectivity index (χ2v) is 7.34. The first-order valence-corrected chi connectivity index (χ1v) is 11.0. The summed E-state index contributed by atoms with van der Waals surface area (Å²) >= 11 is 0. The van der Waals surface area contributed by atoms with Gasteiger partial charge in [0.05, 0.1) is 52.9 Å². The molecule has 1 aromatic rings.